The second kappa shape index (κ2) is 7.94. The van der Waals surface area contributed by atoms with Crippen molar-refractivity contribution in [3.63, 3.8) is 0 Å². The van der Waals surface area contributed by atoms with Crippen LogP contribution in [0.4, 0.5) is 0 Å². The number of carboxylic acids is 1. The molecule has 4 rings (SSSR count). The predicted molar refractivity (Wildman–Crippen MR) is 127 cm³/mol. The van der Waals surface area contributed by atoms with Gasteiger partial charge in [-0.3, -0.25) is 0 Å². The molecule has 0 radical (unpaired) electrons. The zero-order valence-corrected chi connectivity index (χ0v) is 19.4. The zero-order valence-electron chi connectivity index (χ0n) is 19.4. The molecule has 0 bridgehead atoms. The highest BCUT2D eigenvalue weighted by Gasteiger charge is 2.36. The molecule has 0 amide bonds. The van der Waals surface area contributed by atoms with Crippen LogP contribution < -0.4 is 0 Å². The first kappa shape index (κ1) is 21.8. The smallest absolute Gasteiger partial charge is 0.336 e. The number of allylic oxidation sites excluding steroid dienone is 1. The van der Waals surface area contributed by atoms with E-state index in [0.717, 1.165) is 40.9 Å². The highest BCUT2D eigenvalue weighted by molar-refractivity contribution is 6.06. The quantitative estimate of drug-likeness (QED) is 0.554. The molecule has 1 N–H and O–H groups in total. The molecule has 3 aromatic rings. The maximum atomic E-state index is 12.4. The van der Waals surface area contributed by atoms with E-state index in [4.69, 9.17) is 4.98 Å². The average molecular weight is 428 g/mol. The topological polar surface area (TPSA) is 78.9 Å². The van der Waals surface area contributed by atoms with Gasteiger partial charge in [-0.2, -0.15) is 5.26 Å². The number of carboxylic acid groups (broad SMARTS) is 1. The van der Waals surface area contributed by atoms with E-state index < -0.39 is 5.97 Å². The van der Waals surface area contributed by atoms with Crippen LogP contribution in [0, 0.1) is 29.6 Å². The van der Waals surface area contributed by atoms with Crippen LogP contribution in [0.2, 0.25) is 0 Å². The largest absolute Gasteiger partial charge is 0.478 e. The van der Waals surface area contributed by atoms with Crippen molar-refractivity contribution >= 4 is 28.5 Å². The Morgan fingerprint density at radius 1 is 1.34 bits per heavy atom. The van der Waals surface area contributed by atoms with E-state index in [1.165, 1.54) is 0 Å². The summed E-state index contributed by atoms with van der Waals surface area (Å²) in [7, 11) is 1.89. The standard InChI is InChI=1S/C27H29N3O2/c1-6-27(3,4)19-12-18(11-17-13-20(15-28)30(5)16(17)2)25-22(14-19)24(26(31)32)21-9-7-8-10-23(21)29-25/h7-11,13,19H,6,12,14H2,1-5H3,(H,31,32)/b18-11-/t19-/m0/s1. The molecule has 164 valence electrons. The van der Waals surface area contributed by atoms with Crippen LogP contribution in [0.5, 0.6) is 0 Å². The van der Waals surface area contributed by atoms with Gasteiger partial charge in [-0.15, -0.1) is 0 Å². The van der Waals surface area contributed by atoms with Gasteiger partial charge in [0, 0.05) is 18.1 Å². The molecule has 0 unspecified atom stereocenters. The number of fused-ring (bicyclic) bond motifs is 2. The molecule has 1 aromatic carbocycles. The molecule has 0 aliphatic heterocycles. The number of carbonyl (C=O) groups is 1. The Kier molecular flexibility index (Phi) is 5.42. The SMILES string of the molecule is CCC(C)(C)[C@H]1C/C(=C/c2cc(C#N)n(C)c2C)c2nc3ccccc3c(C(=O)O)c2C1. The third-order valence-corrected chi connectivity index (χ3v) is 7.46. The van der Waals surface area contributed by atoms with E-state index in [1.807, 2.05) is 48.9 Å². The van der Waals surface area contributed by atoms with Crippen molar-refractivity contribution in [2.24, 2.45) is 18.4 Å². The minimum atomic E-state index is -0.906. The van der Waals surface area contributed by atoms with Crippen LogP contribution in [-0.2, 0) is 13.5 Å². The third-order valence-electron chi connectivity index (χ3n) is 7.46. The molecule has 0 spiro atoms. The van der Waals surface area contributed by atoms with Gasteiger partial charge >= 0.3 is 5.97 Å². The summed E-state index contributed by atoms with van der Waals surface area (Å²) in [5.41, 5.74) is 6.37. The van der Waals surface area contributed by atoms with Crippen molar-refractivity contribution in [2.75, 3.05) is 0 Å². The molecule has 1 aliphatic rings. The van der Waals surface area contributed by atoms with Gasteiger partial charge in [-0.25, -0.2) is 9.78 Å². The van der Waals surface area contributed by atoms with Gasteiger partial charge in [0.1, 0.15) is 11.8 Å². The lowest BCUT2D eigenvalue weighted by molar-refractivity contribution is 0.0696. The number of rotatable bonds is 4. The van der Waals surface area contributed by atoms with E-state index in [2.05, 4.69) is 32.9 Å². The minimum absolute atomic E-state index is 0.0573. The summed E-state index contributed by atoms with van der Waals surface area (Å²) in [5.74, 6) is -0.608. The minimum Gasteiger partial charge on any atom is -0.478 e. The van der Waals surface area contributed by atoms with E-state index in [9.17, 15) is 15.2 Å². The van der Waals surface area contributed by atoms with Crippen molar-refractivity contribution < 1.29 is 9.90 Å². The predicted octanol–water partition coefficient (Wildman–Crippen LogP) is 5.99. The Labute approximate surface area is 189 Å². The molecule has 0 fully saturated rings. The first-order valence-corrected chi connectivity index (χ1v) is 11.1. The summed E-state index contributed by atoms with van der Waals surface area (Å²) in [5, 5.41) is 20.3. The number of benzene rings is 1. The molecule has 5 heteroatoms. The maximum absolute atomic E-state index is 12.4. The van der Waals surface area contributed by atoms with Gasteiger partial charge in [-0.05, 0) is 66.0 Å². The van der Waals surface area contributed by atoms with E-state index in [-0.39, 0.29) is 5.41 Å². The monoisotopic (exact) mass is 427 g/mol. The van der Waals surface area contributed by atoms with Crippen molar-refractivity contribution in [1.82, 2.24) is 9.55 Å². The number of pyridine rings is 1. The van der Waals surface area contributed by atoms with Crippen LogP contribution in [0.1, 0.15) is 72.2 Å². The fourth-order valence-corrected chi connectivity index (χ4v) is 4.77. The lowest BCUT2D eigenvalue weighted by Crippen LogP contribution is -2.30. The second-order valence-electron chi connectivity index (χ2n) is 9.49. The van der Waals surface area contributed by atoms with E-state index in [1.54, 1.807) is 0 Å². The van der Waals surface area contributed by atoms with Gasteiger partial charge in [0.2, 0.25) is 0 Å². The summed E-state index contributed by atoms with van der Waals surface area (Å²) >= 11 is 0. The number of para-hydroxylation sites is 1. The van der Waals surface area contributed by atoms with Gasteiger partial charge in [0.05, 0.1) is 16.8 Å². The van der Waals surface area contributed by atoms with Gasteiger partial charge in [0.15, 0.2) is 0 Å². The molecule has 1 atom stereocenters. The van der Waals surface area contributed by atoms with Crippen LogP contribution >= 0.6 is 0 Å². The number of aromatic nitrogens is 2. The summed E-state index contributed by atoms with van der Waals surface area (Å²) in [6.45, 7) is 8.71. The lowest BCUT2D eigenvalue weighted by Gasteiger charge is -2.38. The zero-order chi connectivity index (χ0) is 23.2. The van der Waals surface area contributed by atoms with Crippen molar-refractivity contribution in [1.29, 1.82) is 5.26 Å². The van der Waals surface area contributed by atoms with Crippen LogP contribution in [-0.4, -0.2) is 20.6 Å². The number of hydrogen-bond donors (Lipinski definition) is 1. The van der Waals surface area contributed by atoms with Crippen LogP contribution in [0.15, 0.2) is 30.3 Å². The van der Waals surface area contributed by atoms with Crippen LogP contribution in [0.25, 0.3) is 22.6 Å². The highest BCUT2D eigenvalue weighted by Crippen LogP contribution is 2.46. The Balaban J connectivity index is 2.02. The van der Waals surface area contributed by atoms with Crippen molar-refractivity contribution in [3.8, 4) is 6.07 Å². The number of aromatic carboxylic acids is 1. The Morgan fingerprint density at radius 3 is 2.69 bits per heavy atom. The van der Waals surface area contributed by atoms with Crippen molar-refractivity contribution in [2.45, 2.75) is 47.0 Å². The second-order valence-corrected chi connectivity index (χ2v) is 9.49. The summed E-state index contributed by atoms with van der Waals surface area (Å²) in [4.78, 5) is 17.4. The number of nitrogens with zero attached hydrogens (tertiary/aromatic N) is 3. The van der Waals surface area contributed by atoms with Gasteiger partial charge in [-0.1, -0.05) is 45.4 Å². The molecule has 0 saturated carbocycles. The van der Waals surface area contributed by atoms with Gasteiger partial charge in [0.25, 0.3) is 0 Å². The molecular weight excluding hydrogens is 398 g/mol. The van der Waals surface area contributed by atoms with Crippen molar-refractivity contribution in [3.05, 3.63) is 64.1 Å². The summed E-state index contributed by atoms with van der Waals surface area (Å²) < 4.78 is 1.89. The first-order chi connectivity index (χ1) is 15.2. The van der Waals surface area contributed by atoms with Gasteiger partial charge < -0.3 is 9.67 Å². The third kappa shape index (κ3) is 3.50. The first-order valence-electron chi connectivity index (χ1n) is 11.1. The van der Waals surface area contributed by atoms with E-state index >= 15 is 0 Å². The van der Waals surface area contributed by atoms with E-state index in [0.29, 0.717) is 34.5 Å². The van der Waals surface area contributed by atoms with Crippen LogP contribution in [0.3, 0.4) is 0 Å². The molecule has 32 heavy (non-hydrogen) atoms. The Morgan fingerprint density at radius 2 is 2.06 bits per heavy atom. The molecule has 2 aromatic heterocycles. The maximum Gasteiger partial charge on any atom is 0.336 e. The Bertz CT molecular complexity index is 1300. The summed E-state index contributed by atoms with van der Waals surface area (Å²) in [6.07, 6.45) is 4.64. The molecule has 2 heterocycles. The number of nitriles is 1. The molecular formula is C27H29N3O2. The lowest BCUT2D eigenvalue weighted by atomic mass is 9.67. The summed E-state index contributed by atoms with van der Waals surface area (Å²) in [6, 6.07) is 11.6. The normalized spacial score (nSPS) is 17.4. The molecule has 1 aliphatic carbocycles. The fourth-order valence-electron chi connectivity index (χ4n) is 4.77. The Hall–Kier alpha value is -3.39. The fraction of sp³-hybridized carbons (Fsp3) is 0.370. The average Bonchev–Trinajstić information content (AvgIpc) is 3.05. The number of hydrogen-bond acceptors (Lipinski definition) is 3. The molecule has 5 nitrogen and oxygen atoms in total. The highest BCUT2D eigenvalue weighted by atomic mass is 16.4. The molecule has 0 saturated heterocycles.